The standard InChI is InChI=1S/C29H33NO5S/c1-5-36-15-14-35-29(32)26-18(2)30-23-16-20(19-10-12-21(33-3)13-11-19)17-24(31)28(23)27(26)22-8-6-7-9-25(22)34-4/h6-13,20,27,30H,5,14-17H2,1-4H3. The Hall–Kier alpha value is -3.19. The van der Waals surface area contributed by atoms with Crippen molar-refractivity contribution in [3.05, 3.63) is 82.2 Å². The van der Waals surface area contributed by atoms with E-state index in [4.69, 9.17) is 14.2 Å². The summed E-state index contributed by atoms with van der Waals surface area (Å²) in [7, 11) is 3.24. The van der Waals surface area contributed by atoms with Crippen LogP contribution in [0.5, 0.6) is 11.5 Å². The number of benzene rings is 2. The van der Waals surface area contributed by atoms with E-state index in [1.165, 1.54) is 0 Å². The van der Waals surface area contributed by atoms with Crippen molar-refractivity contribution < 1.29 is 23.8 Å². The third-order valence-electron chi connectivity index (χ3n) is 6.75. The fourth-order valence-electron chi connectivity index (χ4n) is 5.05. The quantitative estimate of drug-likeness (QED) is 0.362. The molecule has 1 N–H and O–H groups in total. The van der Waals surface area contributed by atoms with Gasteiger partial charge in [-0.15, -0.1) is 0 Å². The van der Waals surface area contributed by atoms with Crippen LogP contribution in [0.25, 0.3) is 0 Å². The zero-order valence-corrected chi connectivity index (χ0v) is 22.1. The first kappa shape index (κ1) is 25.9. The van der Waals surface area contributed by atoms with Crippen LogP contribution in [0.2, 0.25) is 0 Å². The van der Waals surface area contributed by atoms with Crippen molar-refractivity contribution in [2.24, 2.45) is 0 Å². The Kier molecular flexibility index (Phi) is 8.41. The van der Waals surface area contributed by atoms with Gasteiger partial charge in [-0.3, -0.25) is 4.79 Å². The summed E-state index contributed by atoms with van der Waals surface area (Å²) in [4.78, 5) is 27.1. The molecule has 1 heterocycles. The largest absolute Gasteiger partial charge is 0.497 e. The number of Topliss-reactive ketones (excluding diaryl/α,β-unsaturated/α-hetero) is 1. The Labute approximate surface area is 217 Å². The Bertz CT molecular complexity index is 1180. The van der Waals surface area contributed by atoms with E-state index in [-0.39, 0.29) is 11.7 Å². The van der Waals surface area contributed by atoms with Crippen molar-refractivity contribution in [3.63, 3.8) is 0 Å². The number of ketones is 1. The van der Waals surface area contributed by atoms with Crippen LogP contribution in [-0.2, 0) is 14.3 Å². The highest BCUT2D eigenvalue weighted by Crippen LogP contribution is 2.47. The number of carbonyl (C=O) groups excluding carboxylic acids is 2. The lowest BCUT2D eigenvalue weighted by Gasteiger charge is -2.37. The molecular formula is C29H33NO5S. The second-order valence-electron chi connectivity index (χ2n) is 8.87. The number of nitrogens with one attached hydrogen (secondary N) is 1. The molecular weight excluding hydrogens is 474 g/mol. The zero-order chi connectivity index (χ0) is 25.7. The SMILES string of the molecule is CCSCCOC(=O)C1=C(C)NC2=C(C(=O)CC(c3ccc(OC)cc3)C2)C1c1ccccc1OC. The van der Waals surface area contributed by atoms with Crippen LogP contribution >= 0.6 is 11.8 Å². The van der Waals surface area contributed by atoms with Gasteiger partial charge in [-0.05, 0) is 48.8 Å². The number of rotatable bonds is 9. The van der Waals surface area contributed by atoms with Crippen molar-refractivity contribution in [2.45, 2.75) is 38.5 Å². The fraction of sp³-hybridized carbons (Fsp3) is 0.379. The number of para-hydroxylation sites is 1. The number of hydrogen-bond donors (Lipinski definition) is 1. The van der Waals surface area contributed by atoms with Gasteiger partial charge in [0.1, 0.15) is 18.1 Å². The monoisotopic (exact) mass is 507 g/mol. The molecule has 4 rings (SSSR count). The van der Waals surface area contributed by atoms with Gasteiger partial charge in [0.15, 0.2) is 5.78 Å². The molecule has 0 radical (unpaired) electrons. The first-order valence-electron chi connectivity index (χ1n) is 12.2. The molecule has 1 aliphatic heterocycles. The van der Waals surface area contributed by atoms with Gasteiger partial charge in [0, 0.05) is 34.7 Å². The average Bonchev–Trinajstić information content (AvgIpc) is 2.90. The highest BCUT2D eigenvalue weighted by atomic mass is 32.2. The van der Waals surface area contributed by atoms with Crippen molar-refractivity contribution in [2.75, 3.05) is 32.3 Å². The van der Waals surface area contributed by atoms with Crippen LogP contribution in [0, 0.1) is 0 Å². The van der Waals surface area contributed by atoms with E-state index in [9.17, 15) is 9.59 Å². The number of allylic oxidation sites excluding steroid dienone is 3. The average molecular weight is 508 g/mol. The molecule has 2 atom stereocenters. The summed E-state index contributed by atoms with van der Waals surface area (Å²) in [5, 5.41) is 3.41. The van der Waals surface area contributed by atoms with E-state index in [0.717, 1.165) is 34.1 Å². The van der Waals surface area contributed by atoms with Crippen molar-refractivity contribution in [1.29, 1.82) is 0 Å². The van der Waals surface area contributed by atoms with Crippen molar-refractivity contribution >= 4 is 23.5 Å². The van der Waals surface area contributed by atoms with Crippen molar-refractivity contribution in [1.82, 2.24) is 5.32 Å². The summed E-state index contributed by atoms with van der Waals surface area (Å²) >= 11 is 1.72. The third-order valence-corrected chi connectivity index (χ3v) is 7.61. The second kappa shape index (κ2) is 11.7. The molecule has 2 unspecified atom stereocenters. The highest BCUT2D eigenvalue weighted by molar-refractivity contribution is 7.99. The molecule has 2 aromatic rings. The maximum Gasteiger partial charge on any atom is 0.336 e. The van der Waals surface area contributed by atoms with E-state index in [1.807, 2.05) is 55.5 Å². The number of thioether (sulfide) groups is 1. The lowest BCUT2D eigenvalue weighted by Crippen LogP contribution is -2.36. The minimum Gasteiger partial charge on any atom is -0.497 e. The Balaban J connectivity index is 1.73. The van der Waals surface area contributed by atoms with Gasteiger partial charge >= 0.3 is 5.97 Å². The molecule has 0 bridgehead atoms. The van der Waals surface area contributed by atoms with E-state index in [0.29, 0.717) is 42.0 Å². The number of hydrogen-bond acceptors (Lipinski definition) is 7. The molecule has 0 amide bonds. The summed E-state index contributed by atoms with van der Waals surface area (Å²) in [6.45, 7) is 4.28. The van der Waals surface area contributed by atoms with Crippen LogP contribution in [0.15, 0.2) is 71.1 Å². The molecule has 2 aliphatic rings. The van der Waals surface area contributed by atoms with Crippen LogP contribution in [0.4, 0.5) is 0 Å². The summed E-state index contributed by atoms with van der Waals surface area (Å²) in [5.41, 5.74) is 4.55. The lowest BCUT2D eigenvalue weighted by molar-refractivity contribution is -0.138. The molecule has 0 saturated carbocycles. The predicted octanol–water partition coefficient (Wildman–Crippen LogP) is 5.36. The van der Waals surface area contributed by atoms with Gasteiger partial charge in [-0.25, -0.2) is 4.79 Å². The van der Waals surface area contributed by atoms with Crippen LogP contribution in [0.1, 0.15) is 49.7 Å². The third kappa shape index (κ3) is 5.31. The number of esters is 1. The summed E-state index contributed by atoms with van der Waals surface area (Å²) in [6, 6.07) is 15.5. The van der Waals surface area contributed by atoms with Gasteiger partial charge < -0.3 is 19.5 Å². The fourth-order valence-corrected chi connectivity index (χ4v) is 5.54. The summed E-state index contributed by atoms with van der Waals surface area (Å²) < 4.78 is 16.6. The Morgan fingerprint density at radius 1 is 1.06 bits per heavy atom. The molecule has 7 heteroatoms. The summed E-state index contributed by atoms with van der Waals surface area (Å²) in [6.07, 6.45) is 1.04. The Morgan fingerprint density at radius 2 is 1.81 bits per heavy atom. The molecule has 36 heavy (non-hydrogen) atoms. The van der Waals surface area contributed by atoms with Crippen molar-refractivity contribution in [3.8, 4) is 11.5 Å². The zero-order valence-electron chi connectivity index (χ0n) is 21.3. The van der Waals surface area contributed by atoms with E-state index in [2.05, 4.69) is 12.2 Å². The van der Waals surface area contributed by atoms with Gasteiger partial charge in [-0.1, -0.05) is 37.3 Å². The first-order valence-corrected chi connectivity index (χ1v) is 13.4. The normalized spacial score (nSPS) is 19.5. The number of dihydropyridines is 1. The van der Waals surface area contributed by atoms with Gasteiger partial charge in [-0.2, -0.15) is 11.8 Å². The molecule has 2 aromatic carbocycles. The molecule has 1 aliphatic carbocycles. The molecule has 190 valence electrons. The Morgan fingerprint density at radius 3 is 2.50 bits per heavy atom. The van der Waals surface area contributed by atoms with E-state index in [1.54, 1.807) is 26.0 Å². The summed E-state index contributed by atoms with van der Waals surface area (Å²) in [5.74, 6) is 2.24. The lowest BCUT2D eigenvalue weighted by atomic mass is 9.71. The smallest absolute Gasteiger partial charge is 0.336 e. The number of methoxy groups -OCH3 is 2. The molecule has 0 fully saturated rings. The van der Waals surface area contributed by atoms with Crippen LogP contribution < -0.4 is 14.8 Å². The van der Waals surface area contributed by atoms with E-state index < -0.39 is 11.9 Å². The molecule has 6 nitrogen and oxygen atoms in total. The van der Waals surface area contributed by atoms with E-state index >= 15 is 0 Å². The second-order valence-corrected chi connectivity index (χ2v) is 10.3. The molecule has 0 saturated heterocycles. The maximum absolute atomic E-state index is 13.8. The minimum absolute atomic E-state index is 0.0276. The predicted molar refractivity (Wildman–Crippen MR) is 143 cm³/mol. The van der Waals surface area contributed by atoms with Gasteiger partial charge in [0.25, 0.3) is 0 Å². The molecule has 0 spiro atoms. The van der Waals surface area contributed by atoms with Crippen LogP contribution in [-0.4, -0.2) is 44.1 Å². The van der Waals surface area contributed by atoms with Gasteiger partial charge in [0.2, 0.25) is 0 Å². The van der Waals surface area contributed by atoms with Crippen LogP contribution in [0.3, 0.4) is 0 Å². The number of carbonyl (C=O) groups is 2. The minimum atomic E-state index is -0.548. The first-order chi connectivity index (χ1) is 17.5. The maximum atomic E-state index is 13.8. The topological polar surface area (TPSA) is 73.9 Å². The highest BCUT2D eigenvalue weighted by Gasteiger charge is 2.42. The number of ether oxygens (including phenoxy) is 3. The molecule has 0 aromatic heterocycles. The van der Waals surface area contributed by atoms with Gasteiger partial charge in [0.05, 0.1) is 25.7 Å².